The topological polar surface area (TPSA) is 69.3 Å². The van der Waals surface area contributed by atoms with Crippen molar-refractivity contribution in [1.82, 2.24) is 10.2 Å². The number of piperidine rings is 1. The highest BCUT2D eigenvalue weighted by atomic mass is 16.7. The molecule has 0 spiro atoms. The first kappa shape index (κ1) is 21.4. The number of nitrogens with zero attached hydrogens (tertiary/aromatic N) is 1. The van der Waals surface area contributed by atoms with E-state index < -0.39 is 0 Å². The number of ether oxygens (including phenoxy) is 4. The average Bonchev–Trinajstić information content (AvgIpc) is 3.18. The number of fused-ring (bicyclic) bond motifs is 1. The fourth-order valence-corrected chi connectivity index (χ4v) is 4.46. The molecule has 3 aliphatic rings. The highest BCUT2D eigenvalue weighted by molar-refractivity contribution is 5.78. The van der Waals surface area contributed by atoms with Crippen LogP contribution in [0.2, 0.25) is 0 Å². The van der Waals surface area contributed by atoms with Crippen LogP contribution in [0, 0.1) is 11.8 Å². The summed E-state index contributed by atoms with van der Waals surface area (Å²) in [6.07, 6.45) is 2.84. The number of amides is 1. The summed E-state index contributed by atoms with van der Waals surface area (Å²) in [6.45, 7) is 9.20. The second-order valence-electron chi connectivity index (χ2n) is 8.77. The van der Waals surface area contributed by atoms with Gasteiger partial charge in [-0.25, -0.2) is 0 Å². The maximum atomic E-state index is 12.8. The molecule has 30 heavy (non-hydrogen) atoms. The zero-order chi connectivity index (χ0) is 20.9. The summed E-state index contributed by atoms with van der Waals surface area (Å²) in [5.74, 6) is 2.32. The number of carbonyl (C=O) groups is 1. The molecule has 1 N–H and O–H groups in total. The average molecular weight is 419 g/mol. The van der Waals surface area contributed by atoms with Crippen molar-refractivity contribution >= 4 is 5.91 Å². The lowest BCUT2D eigenvalue weighted by Gasteiger charge is -2.34. The molecule has 1 amide bonds. The van der Waals surface area contributed by atoms with Gasteiger partial charge in [0.2, 0.25) is 5.91 Å². The second-order valence-corrected chi connectivity index (χ2v) is 8.77. The van der Waals surface area contributed by atoms with Crippen LogP contribution in [0.5, 0.6) is 11.5 Å². The van der Waals surface area contributed by atoms with Gasteiger partial charge in [-0.3, -0.25) is 9.69 Å². The molecule has 0 aliphatic carbocycles. The van der Waals surface area contributed by atoms with Crippen molar-refractivity contribution in [3.63, 3.8) is 0 Å². The Balaban J connectivity index is 1.32. The Morgan fingerprint density at radius 2 is 1.77 bits per heavy atom. The highest BCUT2D eigenvalue weighted by Crippen LogP contribution is 2.34. The van der Waals surface area contributed by atoms with Crippen LogP contribution in [-0.4, -0.2) is 63.2 Å². The highest BCUT2D eigenvalue weighted by Gasteiger charge is 2.31. The number of hydrogen-bond acceptors (Lipinski definition) is 6. The number of nitrogens with one attached hydrogen (secondary N) is 1. The summed E-state index contributed by atoms with van der Waals surface area (Å²) in [5.41, 5.74) is 1.05. The van der Waals surface area contributed by atoms with Crippen molar-refractivity contribution in [1.29, 1.82) is 0 Å². The van der Waals surface area contributed by atoms with E-state index in [0.717, 1.165) is 49.4 Å². The van der Waals surface area contributed by atoms with Crippen LogP contribution >= 0.6 is 0 Å². The van der Waals surface area contributed by atoms with Crippen LogP contribution < -0.4 is 14.8 Å². The number of likely N-dealkylation sites (tertiary alicyclic amines) is 1. The first-order chi connectivity index (χ1) is 14.6. The van der Waals surface area contributed by atoms with Crippen LogP contribution in [0.25, 0.3) is 0 Å². The van der Waals surface area contributed by atoms with Gasteiger partial charge in [0, 0.05) is 12.3 Å². The molecule has 7 nitrogen and oxygen atoms in total. The third-order valence-electron chi connectivity index (χ3n) is 6.15. The normalized spacial score (nSPS) is 22.1. The molecule has 3 heterocycles. The van der Waals surface area contributed by atoms with E-state index in [4.69, 9.17) is 18.9 Å². The quantitative estimate of drug-likeness (QED) is 0.766. The smallest absolute Gasteiger partial charge is 0.234 e. The Kier molecular flexibility index (Phi) is 7.12. The van der Waals surface area contributed by atoms with Gasteiger partial charge in [0.1, 0.15) is 0 Å². The Bertz CT molecular complexity index is 712. The molecule has 0 saturated carbocycles. The fraction of sp³-hybridized carbons (Fsp3) is 0.696. The minimum atomic E-state index is -0.0625. The zero-order valence-corrected chi connectivity index (χ0v) is 18.1. The van der Waals surface area contributed by atoms with Crippen LogP contribution in [0.15, 0.2) is 18.2 Å². The fourth-order valence-electron chi connectivity index (χ4n) is 4.46. The van der Waals surface area contributed by atoms with Gasteiger partial charge in [-0.05, 0) is 49.5 Å². The molecule has 166 valence electrons. The first-order valence-electron chi connectivity index (χ1n) is 11.2. The molecule has 3 aliphatic heterocycles. The summed E-state index contributed by atoms with van der Waals surface area (Å²) >= 11 is 0. The van der Waals surface area contributed by atoms with E-state index in [1.54, 1.807) is 0 Å². The van der Waals surface area contributed by atoms with Crippen molar-refractivity contribution in [3.05, 3.63) is 23.8 Å². The van der Waals surface area contributed by atoms with E-state index in [2.05, 4.69) is 24.1 Å². The van der Waals surface area contributed by atoms with Crippen molar-refractivity contribution in [2.24, 2.45) is 11.8 Å². The standard InChI is InChI=1S/C23H34N2O5/c1-16(2)22(18-4-5-19-20(14-18)28-11-3-10-27-19)24-21(26)15-25-8-6-17(7-9-25)23-29-12-13-30-23/h4-5,14,16-17,22-23H,3,6-13,15H2,1-2H3,(H,24,26). The van der Waals surface area contributed by atoms with Crippen molar-refractivity contribution in [2.75, 3.05) is 46.1 Å². The van der Waals surface area contributed by atoms with Gasteiger partial charge in [0.15, 0.2) is 17.8 Å². The molecular weight excluding hydrogens is 384 g/mol. The number of carbonyl (C=O) groups excluding carboxylic acids is 1. The van der Waals surface area contributed by atoms with Crippen LogP contribution in [0.4, 0.5) is 0 Å². The Hall–Kier alpha value is -1.83. The van der Waals surface area contributed by atoms with Gasteiger partial charge in [-0.2, -0.15) is 0 Å². The first-order valence-corrected chi connectivity index (χ1v) is 11.2. The molecule has 0 aromatic heterocycles. The molecule has 0 bridgehead atoms. The number of hydrogen-bond donors (Lipinski definition) is 1. The summed E-state index contributed by atoms with van der Waals surface area (Å²) in [4.78, 5) is 15.1. The summed E-state index contributed by atoms with van der Waals surface area (Å²) in [5, 5.41) is 3.24. The minimum Gasteiger partial charge on any atom is -0.490 e. The zero-order valence-electron chi connectivity index (χ0n) is 18.1. The molecule has 0 radical (unpaired) electrons. The Morgan fingerprint density at radius 1 is 1.07 bits per heavy atom. The van der Waals surface area contributed by atoms with Crippen molar-refractivity contribution in [3.8, 4) is 11.5 Å². The summed E-state index contributed by atoms with van der Waals surface area (Å²) in [6, 6.07) is 5.94. The van der Waals surface area contributed by atoms with Crippen LogP contribution in [-0.2, 0) is 14.3 Å². The molecule has 1 atom stereocenters. The summed E-state index contributed by atoms with van der Waals surface area (Å²) < 4.78 is 22.9. The van der Waals surface area contributed by atoms with Gasteiger partial charge in [0.25, 0.3) is 0 Å². The van der Waals surface area contributed by atoms with E-state index in [9.17, 15) is 4.79 Å². The minimum absolute atomic E-state index is 0.0503. The molecular formula is C23H34N2O5. The van der Waals surface area contributed by atoms with Gasteiger partial charge in [0.05, 0.1) is 39.0 Å². The summed E-state index contributed by atoms with van der Waals surface area (Å²) in [7, 11) is 0. The third-order valence-corrected chi connectivity index (χ3v) is 6.15. The molecule has 4 rings (SSSR count). The molecule has 2 fully saturated rings. The molecule has 7 heteroatoms. The van der Waals surface area contributed by atoms with E-state index in [-0.39, 0.29) is 24.2 Å². The van der Waals surface area contributed by atoms with E-state index >= 15 is 0 Å². The number of rotatable bonds is 6. The predicted molar refractivity (Wildman–Crippen MR) is 113 cm³/mol. The monoisotopic (exact) mass is 418 g/mol. The third kappa shape index (κ3) is 5.25. The van der Waals surface area contributed by atoms with Gasteiger partial charge in [-0.15, -0.1) is 0 Å². The van der Waals surface area contributed by atoms with E-state index in [0.29, 0.717) is 38.9 Å². The second kappa shape index (κ2) is 9.98. The van der Waals surface area contributed by atoms with Crippen molar-refractivity contribution in [2.45, 2.75) is 45.4 Å². The maximum absolute atomic E-state index is 12.8. The van der Waals surface area contributed by atoms with Crippen molar-refractivity contribution < 1.29 is 23.7 Å². The van der Waals surface area contributed by atoms with Crippen LogP contribution in [0.3, 0.4) is 0 Å². The Morgan fingerprint density at radius 3 is 2.47 bits per heavy atom. The van der Waals surface area contributed by atoms with Gasteiger partial charge >= 0.3 is 0 Å². The van der Waals surface area contributed by atoms with Gasteiger partial charge in [-0.1, -0.05) is 19.9 Å². The molecule has 1 aromatic rings. The molecule has 2 saturated heterocycles. The number of benzene rings is 1. The van der Waals surface area contributed by atoms with E-state index in [1.807, 2.05) is 18.2 Å². The lowest BCUT2D eigenvalue weighted by Crippen LogP contribution is -2.44. The largest absolute Gasteiger partial charge is 0.490 e. The molecule has 1 unspecified atom stereocenters. The van der Waals surface area contributed by atoms with Crippen LogP contribution in [0.1, 0.15) is 44.7 Å². The SMILES string of the molecule is CC(C)C(NC(=O)CN1CCC(C2OCCO2)CC1)c1ccc2c(c1)OCCCO2. The lowest BCUT2D eigenvalue weighted by molar-refractivity contribution is -0.125. The molecule has 1 aromatic carbocycles. The lowest BCUT2D eigenvalue weighted by atomic mass is 9.95. The predicted octanol–water partition coefficient (Wildman–Crippen LogP) is 2.75. The van der Waals surface area contributed by atoms with E-state index in [1.165, 1.54) is 0 Å². The van der Waals surface area contributed by atoms with Gasteiger partial charge < -0.3 is 24.3 Å². The Labute approximate surface area is 179 Å². The maximum Gasteiger partial charge on any atom is 0.234 e.